The van der Waals surface area contributed by atoms with Gasteiger partial charge in [0.2, 0.25) is 5.95 Å². The molecule has 4 rings (SSSR count). The van der Waals surface area contributed by atoms with E-state index < -0.39 is 0 Å². The number of hydrogen-bond donors (Lipinski definition) is 3. The van der Waals surface area contributed by atoms with Gasteiger partial charge in [0.1, 0.15) is 16.7 Å². The average molecular weight is 458 g/mol. The van der Waals surface area contributed by atoms with E-state index in [2.05, 4.69) is 34.4 Å². The number of anilines is 2. The minimum atomic E-state index is 0.218. The summed E-state index contributed by atoms with van der Waals surface area (Å²) in [5.74, 6) is 2.12. The van der Waals surface area contributed by atoms with Crippen molar-refractivity contribution < 1.29 is 9.52 Å². The fraction of sp³-hybridized carbons (Fsp3) is 0.542. The maximum Gasteiger partial charge on any atom is 0.226 e. The SMILES string of the molecule is CCCCCNc1nc(Cl)c(-c2cc3cc(CC)ncc3o2)c(N[C@H]2CC[C@@H](CO)C2)n1. The summed E-state index contributed by atoms with van der Waals surface area (Å²) >= 11 is 6.69. The molecule has 8 heteroatoms. The van der Waals surface area contributed by atoms with Crippen molar-refractivity contribution in [2.75, 3.05) is 23.8 Å². The van der Waals surface area contributed by atoms with Gasteiger partial charge in [-0.25, -0.2) is 4.98 Å². The largest absolute Gasteiger partial charge is 0.454 e. The van der Waals surface area contributed by atoms with Gasteiger partial charge in [0, 0.05) is 30.3 Å². The number of pyridine rings is 1. The second-order valence-electron chi connectivity index (χ2n) is 8.58. The van der Waals surface area contributed by atoms with Crippen LogP contribution >= 0.6 is 11.6 Å². The van der Waals surface area contributed by atoms with Crippen LogP contribution in [0.1, 0.15) is 58.1 Å². The summed E-state index contributed by atoms with van der Waals surface area (Å²) in [4.78, 5) is 13.7. The van der Waals surface area contributed by atoms with Gasteiger partial charge in [-0.1, -0.05) is 38.3 Å². The lowest BCUT2D eigenvalue weighted by molar-refractivity contribution is 0.229. The number of fused-ring (bicyclic) bond motifs is 1. The van der Waals surface area contributed by atoms with Gasteiger partial charge in [-0.15, -0.1) is 0 Å². The summed E-state index contributed by atoms with van der Waals surface area (Å²) in [5.41, 5.74) is 2.38. The van der Waals surface area contributed by atoms with Crippen molar-refractivity contribution in [3.05, 3.63) is 29.2 Å². The van der Waals surface area contributed by atoms with Gasteiger partial charge in [0.25, 0.3) is 0 Å². The molecule has 0 spiro atoms. The van der Waals surface area contributed by atoms with Crippen LogP contribution in [0.4, 0.5) is 11.8 Å². The number of hydrogen-bond acceptors (Lipinski definition) is 7. The highest BCUT2D eigenvalue weighted by atomic mass is 35.5. The summed E-state index contributed by atoms with van der Waals surface area (Å²) in [6.07, 6.45) is 8.87. The Morgan fingerprint density at radius 2 is 2.06 bits per heavy atom. The fourth-order valence-corrected chi connectivity index (χ4v) is 4.55. The summed E-state index contributed by atoms with van der Waals surface area (Å²) in [6, 6.07) is 4.24. The Hall–Kier alpha value is -2.38. The Balaban J connectivity index is 1.67. The van der Waals surface area contributed by atoms with Crippen LogP contribution in [0.2, 0.25) is 5.15 Å². The van der Waals surface area contributed by atoms with Crippen molar-refractivity contribution in [2.24, 2.45) is 5.92 Å². The Kier molecular flexibility index (Phi) is 7.48. The van der Waals surface area contributed by atoms with Crippen LogP contribution in [0, 0.1) is 5.92 Å². The molecule has 3 aromatic heterocycles. The first kappa shape index (κ1) is 22.8. The van der Waals surface area contributed by atoms with Crippen LogP contribution in [-0.4, -0.2) is 39.3 Å². The molecule has 0 unspecified atom stereocenters. The Morgan fingerprint density at radius 1 is 1.19 bits per heavy atom. The molecule has 2 atom stereocenters. The van der Waals surface area contributed by atoms with Crippen LogP contribution in [-0.2, 0) is 6.42 Å². The van der Waals surface area contributed by atoms with Crippen LogP contribution in [0.15, 0.2) is 22.7 Å². The first-order valence-electron chi connectivity index (χ1n) is 11.7. The zero-order valence-electron chi connectivity index (χ0n) is 18.8. The van der Waals surface area contributed by atoms with E-state index in [4.69, 9.17) is 21.0 Å². The predicted octanol–water partition coefficient (Wildman–Crippen LogP) is 5.68. The number of aliphatic hydroxyl groups excluding tert-OH is 1. The third-order valence-electron chi connectivity index (χ3n) is 6.14. The van der Waals surface area contributed by atoms with Gasteiger partial charge >= 0.3 is 0 Å². The first-order chi connectivity index (χ1) is 15.6. The lowest BCUT2D eigenvalue weighted by atomic mass is 10.1. The standard InChI is InChI=1S/C24H32ClN5O2/c1-3-5-6-9-26-24-29-22(25)21(23(30-24)28-18-8-7-15(10-18)14-31)19-12-16-11-17(4-2)27-13-20(16)32-19/h11-13,15,18,31H,3-10,14H2,1-2H3,(H2,26,28,29,30)/t15-,18+/m1/s1. The molecule has 0 radical (unpaired) electrons. The zero-order chi connectivity index (χ0) is 22.5. The predicted molar refractivity (Wildman–Crippen MR) is 129 cm³/mol. The molecule has 0 saturated heterocycles. The molecule has 0 aliphatic heterocycles. The summed E-state index contributed by atoms with van der Waals surface area (Å²) < 4.78 is 6.11. The molecule has 7 nitrogen and oxygen atoms in total. The van der Waals surface area contributed by atoms with Crippen LogP contribution < -0.4 is 10.6 Å². The molecule has 1 saturated carbocycles. The number of nitrogens with zero attached hydrogens (tertiary/aromatic N) is 3. The molecule has 1 aliphatic carbocycles. The van der Waals surface area contributed by atoms with Gasteiger partial charge in [0.15, 0.2) is 5.58 Å². The maximum atomic E-state index is 9.53. The maximum absolute atomic E-state index is 9.53. The van der Waals surface area contributed by atoms with Crippen LogP contribution in [0.3, 0.4) is 0 Å². The van der Waals surface area contributed by atoms with Crippen molar-refractivity contribution in [1.29, 1.82) is 0 Å². The Bertz CT molecular complexity index is 1050. The third kappa shape index (κ3) is 5.15. The highest BCUT2D eigenvalue weighted by Crippen LogP contribution is 2.38. The molecule has 1 aliphatic rings. The van der Waals surface area contributed by atoms with E-state index in [1.54, 1.807) is 6.20 Å². The van der Waals surface area contributed by atoms with Crippen molar-refractivity contribution in [3.63, 3.8) is 0 Å². The molecule has 3 aromatic rings. The van der Waals surface area contributed by atoms with Crippen molar-refractivity contribution >= 4 is 34.3 Å². The van der Waals surface area contributed by atoms with E-state index in [-0.39, 0.29) is 12.6 Å². The fourth-order valence-electron chi connectivity index (χ4n) is 4.28. The van der Waals surface area contributed by atoms with Gasteiger partial charge in [-0.2, -0.15) is 4.98 Å². The third-order valence-corrected chi connectivity index (χ3v) is 6.41. The number of unbranched alkanes of at least 4 members (excludes halogenated alkanes) is 2. The van der Waals surface area contributed by atoms with Crippen LogP contribution in [0.5, 0.6) is 0 Å². The van der Waals surface area contributed by atoms with E-state index in [0.29, 0.717) is 39.7 Å². The van der Waals surface area contributed by atoms with E-state index in [9.17, 15) is 5.11 Å². The summed E-state index contributed by atoms with van der Waals surface area (Å²) in [5, 5.41) is 17.7. The molecule has 3 N–H and O–H groups in total. The van der Waals surface area contributed by atoms with Gasteiger partial charge < -0.3 is 20.2 Å². The van der Waals surface area contributed by atoms with E-state index in [0.717, 1.165) is 62.6 Å². The Morgan fingerprint density at radius 3 is 2.81 bits per heavy atom. The minimum absolute atomic E-state index is 0.218. The molecule has 3 heterocycles. The second kappa shape index (κ2) is 10.5. The summed E-state index contributed by atoms with van der Waals surface area (Å²) in [7, 11) is 0. The number of rotatable bonds is 10. The quantitative estimate of drug-likeness (QED) is 0.266. The molecule has 0 bridgehead atoms. The van der Waals surface area contributed by atoms with E-state index in [1.807, 2.05) is 12.1 Å². The molecule has 1 fully saturated rings. The van der Waals surface area contributed by atoms with Crippen molar-refractivity contribution in [2.45, 2.75) is 64.8 Å². The highest BCUT2D eigenvalue weighted by molar-refractivity contribution is 6.32. The van der Waals surface area contributed by atoms with Gasteiger partial charge in [0.05, 0.1) is 11.8 Å². The molecular weight excluding hydrogens is 426 g/mol. The smallest absolute Gasteiger partial charge is 0.226 e. The lowest BCUT2D eigenvalue weighted by Crippen LogP contribution is -2.19. The van der Waals surface area contributed by atoms with Gasteiger partial charge in [-0.05, 0) is 50.2 Å². The van der Waals surface area contributed by atoms with Crippen molar-refractivity contribution in [1.82, 2.24) is 15.0 Å². The molecule has 172 valence electrons. The summed E-state index contributed by atoms with van der Waals surface area (Å²) in [6.45, 7) is 5.28. The number of furan rings is 1. The van der Waals surface area contributed by atoms with Crippen molar-refractivity contribution in [3.8, 4) is 11.3 Å². The van der Waals surface area contributed by atoms with Gasteiger partial charge in [-0.3, -0.25) is 4.98 Å². The number of halogens is 1. The monoisotopic (exact) mass is 457 g/mol. The number of nitrogens with one attached hydrogen (secondary N) is 2. The van der Waals surface area contributed by atoms with E-state index in [1.165, 1.54) is 0 Å². The number of aliphatic hydroxyl groups is 1. The number of aromatic nitrogens is 3. The highest BCUT2D eigenvalue weighted by Gasteiger charge is 2.27. The molecular formula is C24H32ClN5O2. The topological polar surface area (TPSA) is 96.1 Å². The zero-order valence-corrected chi connectivity index (χ0v) is 19.6. The lowest BCUT2D eigenvalue weighted by Gasteiger charge is -2.18. The number of aryl methyl sites for hydroxylation is 1. The van der Waals surface area contributed by atoms with Crippen LogP contribution in [0.25, 0.3) is 22.3 Å². The molecule has 0 amide bonds. The molecule has 0 aromatic carbocycles. The van der Waals surface area contributed by atoms with E-state index >= 15 is 0 Å². The minimum Gasteiger partial charge on any atom is -0.454 e. The molecule has 32 heavy (non-hydrogen) atoms. The normalized spacial score (nSPS) is 18.4. The Labute approximate surface area is 194 Å². The average Bonchev–Trinajstić information content (AvgIpc) is 3.42. The first-order valence-corrected chi connectivity index (χ1v) is 12.1. The second-order valence-corrected chi connectivity index (χ2v) is 8.93.